The molecule has 0 fully saturated rings. The summed E-state index contributed by atoms with van der Waals surface area (Å²) in [5.41, 5.74) is 1.25. The molecule has 5 heteroatoms. The van der Waals surface area contributed by atoms with Gasteiger partial charge in [0.25, 0.3) is 0 Å². The van der Waals surface area contributed by atoms with Gasteiger partial charge in [0.05, 0.1) is 10.7 Å². The lowest BCUT2D eigenvalue weighted by Gasteiger charge is -2.25. The van der Waals surface area contributed by atoms with Crippen LogP contribution in [0.5, 0.6) is 0 Å². The van der Waals surface area contributed by atoms with E-state index in [1.807, 2.05) is 54.6 Å². The summed E-state index contributed by atoms with van der Waals surface area (Å²) in [7, 11) is 0. The van der Waals surface area contributed by atoms with E-state index >= 15 is 0 Å². The molecule has 23 heavy (non-hydrogen) atoms. The minimum atomic E-state index is -1.35. The summed E-state index contributed by atoms with van der Waals surface area (Å²) in [6.45, 7) is 1.53. The van der Waals surface area contributed by atoms with E-state index in [1.165, 1.54) is 18.7 Å². The van der Waals surface area contributed by atoms with Crippen molar-refractivity contribution in [1.29, 1.82) is 0 Å². The number of carbonyl (C=O) groups excluding carboxylic acids is 1. The molecule has 0 spiro atoms. The minimum Gasteiger partial charge on any atom is -0.363 e. The second-order valence-corrected chi connectivity index (χ2v) is 6.92. The maximum atomic E-state index is 12.1. The third-order valence-electron chi connectivity index (χ3n) is 4.22. The summed E-state index contributed by atoms with van der Waals surface area (Å²) in [6.07, 6.45) is 0.665. The normalized spacial score (nSPS) is 25.0. The number of aliphatic hydroxyl groups is 1. The first-order valence-electron chi connectivity index (χ1n) is 7.50. The summed E-state index contributed by atoms with van der Waals surface area (Å²) >= 11 is 1.47. The van der Waals surface area contributed by atoms with Gasteiger partial charge >= 0.3 is 0 Å². The number of nitrogens with zero attached hydrogens (tertiary/aromatic N) is 2. The lowest BCUT2D eigenvalue weighted by molar-refractivity contribution is -0.117. The van der Waals surface area contributed by atoms with Crippen LogP contribution in [0.25, 0.3) is 0 Å². The SMILES string of the molecule is CC(=O)N1c2ccccc2C2(O)N=C(Cc3ccccc3)SC12. The molecule has 2 aromatic carbocycles. The van der Waals surface area contributed by atoms with E-state index in [0.29, 0.717) is 12.0 Å². The molecule has 116 valence electrons. The number of hydrogen-bond donors (Lipinski definition) is 1. The average molecular weight is 324 g/mol. The Kier molecular flexibility index (Phi) is 3.28. The number of para-hydroxylation sites is 1. The lowest BCUT2D eigenvalue weighted by atomic mass is 10.1. The van der Waals surface area contributed by atoms with Crippen LogP contribution in [-0.2, 0) is 16.9 Å². The molecular weight excluding hydrogens is 308 g/mol. The predicted molar refractivity (Wildman–Crippen MR) is 92.5 cm³/mol. The highest BCUT2D eigenvalue weighted by molar-refractivity contribution is 8.14. The Balaban J connectivity index is 1.74. The van der Waals surface area contributed by atoms with Gasteiger partial charge in [-0.05, 0) is 11.6 Å². The summed E-state index contributed by atoms with van der Waals surface area (Å²) in [4.78, 5) is 18.4. The Hall–Kier alpha value is -2.11. The van der Waals surface area contributed by atoms with Crippen molar-refractivity contribution in [3.63, 3.8) is 0 Å². The van der Waals surface area contributed by atoms with Gasteiger partial charge in [0, 0.05) is 18.9 Å². The molecule has 0 saturated carbocycles. The van der Waals surface area contributed by atoms with Gasteiger partial charge in [-0.3, -0.25) is 9.69 Å². The molecular formula is C18H16N2O2S. The fraction of sp³-hybridized carbons (Fsp3) is 0.222. The second-order valence-electron chi connectivity index (χ2n) is 5.77. The molecule has 4 nitrogen and oxygen atoms in total. The molecule has 0 aromatic heterocycles. The van der Waals surface area contributed by atoms with Crippen molar-refractivity contribution in [2.24, 2.45) is 4.99 Å². The number of benzene rings is 2. The zero-order valence-corrected chi connectivity index (χ0v) is 13.5. The zero-order valence-electron chi connectivity index (χ0n) is 12.6. The number of aliphatic imine (C=N–C) groups is 1. The van der Waals surface area contributed by atoms with Crippen LogP contribution in [-0.4, -0.2) is 21.4 Å². The third-order valence-corrected chi connectivity index (χ3v) is 5.49. The Labute approximate surface area is 138 Å². The van der Waals surface area contributed by atoms with E-state index in [0.717, 1.165) is 16.3 Å². The summed E-state index contributed by atoms with van der Waals surface area (Å²) < 4.78 is 0. The molecule has 0 bridgehead atoms. The van der Waals surface area contributed by atoms with Crippen molar-refractivity contribution >= 4 is 28.4 Å². The highest BCUT2D eigenvalue weighted by Gasteiger charge is 2.55. The maximum absolute atomic E-state index is 12.1. The smallest absolute Gasteiger partial charge is 0.225 e. The average Bonchev–Trinajstić information content (AvgIpc) is 2.97. The molecule has 1 N–H and O–H groups in total. The predicted octanol–water partition coefficient (Wildman–Crippen LogP) is 2.91. The number of carbonyl (C=O) groups is 1. The first-order valence-corrected chi connectivity index (χ1v) is 8.38. The molecule has 0 saturated heterocycles. The number of amides is 1. The van der Waals surface area contributed by atoms with Crippen molar-refractivity contribution in [2.75, 3.05) is 4.90 Å². The van der Waals surface area contributed by atoms with E-state index < -0.39 is 11.1 Å². The van der Waals surface area contributed by atoms with Gasteiger partial charge in [0.1, 0.15) is 5.37 Å². The molecule has 2 aromatic rings. The number of hydrogen-bond acceptors (Lipinski definition) is 4. The molecule has 0 radical (unpaired) electrons. The van der Waals surface area contributed by atoms with Gasteiger partial charge in [0.15, 0.2) is 0 Å². The summed E-state index contributed by atoms with van der Waals surface area (Å²) in [6, 6.07) is 17.5. The van der Waals surface area contributed by atoms with Crippen LogP contribution < -0.4 is 4.90 Å². The van der Waals surface area contributed by atoms with Gasteiger partial charge in [-0.2, -0.15) is 0 Å². The Morgan fingerprint density at radius 1 is 1.22 bits per heavy atom. The van der Waals surface area contributed by atoms with Crippen molar-refractivity contribution in [3.05, 3.63) is 65.7 Å². The van der Waals surface area contributed by atoms with E-state index in [9.17, 15) is 9.90 Å². The summed E-state index contributed by atoms with van der Waals surface area (Å²) in [5.74, 6) is -0.0814. The van der Waals surface area contributed by atoms with E-state index in [-0.39, 0.29) is 5.91 Å². The molecule has 2 unspecified atom stereocenters. The van der Waals surface area contributed by atoms with Gasteiger partial charge in [-0.15, -0.1) is 0 Å². The quantitative estimate of drug-likeness (QED) is 0.924. The molecule has 1 amide bonds. The third kappa shape index (κ3) is 2.19. The maximum Gasteiger partial charge on any atom is 0.225 e. The first-order chi connectivity index (χ1) is 11.1. The van der Waals surface area contributed by atoms with E-state index in [4.69, 9.17) is 0 Å². The second kappa shape index (κ2) is 5.22. The van der Waals surface area contributed by atoms with Crippen LogP contribution in [0, 0.1) is 0 Å². The fourth-order valence-electron chi connectivity index (χ4n) is 3.22. The minimum absolute atomic E-state index is 0.0814. The van der Waals surface area contributed by atoms with Gasteiger partial charge < -0.3 is 5.11 Å². The van der Waals surface area contributed by atoms with Crippen molar-refractivity contribution in [2.45, 2.75) is 24.4 Å². The molecule has 2 atom stereocenters. The molecule has 2 aliphatic rings. The van der Waals surface area contributed by atoms with Crippen LogP contribution >= 0.6 is 11.8 Å². The number of anilines is 1. The van der Waals surface area contributed by atoms with E-state index in [1.54, 1.807) is 4.90 Å². The van der Waals surface area contributed by atoms with Crippen LogP contribution in [0.1, 0.15) is 18.1 Å². The summed E-state index contributed by atoms with van der Waals surface area (Å²) in [5, 5.41) is 11.6. The zero-order chi connectivity index (χ0) is 16.0. The topological polar surface area (TPSA) is 52.9 Å². The number of fused-ring (bicyclic) bond motifs is 3. The molecule has 2 aliphatic heterocycles. The van der Waals surface area contributed by atoms with Crippen LogP contribution in [0.2, 0.25) is 0 Å². The van der Waals surface area contributed by atoms with Crippen LogP contribution in [0.15, 0.2) is 59.6 Å². The van der Waals surface area contributed by atoms with Crippen molar-refractivity contribution in [1.82, 2.24) is 0 Å². The molecule has 4 rings (SSSR count). The first kappa shape index (κ1) is 14.5. The van der Waals surface area contributed by atoms with Gasteiger partial charge in [-0.1, -0.05) is 60.3 Å². The van der Waals surface area contributed by atoms with Crippen molar-refractivity contribution in [3.8, 4) is 0 Å². The largest absolute Gasteiger partial charge is 0.363 e. The van der Waals surface area contributed by atoms with E-state index in [2.05, 4.69) is 4.99 Å². The fourth-order valence-corrected chi connectivity index (χ4v) is 4.63. The van der Waals surface area contributed by atoms with Crippen LogP contribution in [0.3, 0.4) is 0 Å². The van der Waals surface area contributed by atoms with Gasteiger partial charge in [0.2, 0.25) is 11.6 Å². The Morgan fingerprint density at radius 2 is 1.91 bits per heavy atom. The monoisotopic (exact) mass is 324 g/mol. The Morgan fingerprint density at radius 3 is 2.65 bits per heavy atom. The number of rotatable bonds is 2. The highest BCUT2D eigenvalue weighted by atomic mass is 32.2. The standard InChI is InChI=1S/C18H16N2O2S/c1-12(21)20-15-10-6-5-9-14(15)18(22)17(20)23-16(19-18)11-13-7-3-2-4-8-13/h2-10,17,22H,11H2,1H3. The molecule has 2 heterocycles. The Bertz CT molecular complexity index is 806. The van der Waals surface area contributed by atoms with Crippen LogP contribution in [0.4, 0.5) is 5.69 Å². The lowest BCUT2D eigenvalue weighted by Crippen LogP contribution is -2.41. The molecule has 0 aliphatic carbocycles. The number of thioether (sulfide) groups is 1. The highest BCUT2D eigenvalue weighted by Crippen LogP contribution is 2.53. The van der Waals surface area contributed by atoms with Crippen molar-refractivity contribution < 1.29 is 9.90 Å². The van der Waals surface area contributed by atoms with Gasteiger partial charge in [-0.25, -0.2) is 4.99 Å².